The van der Waals surface area contributed by atoms with Crippen LogP contribution >= 0.6 is 0 Å². The first-order valence-corrected chi connectivity index (χ1v) is 3.77. The minimum absolute atomic E-state index is 0.649. The number of allylic oxidation sites excluding steroid dienone is 3. The van der Waals surface area contributed by atoms with E-state index in [0.717, 1.165) is 12.1 Å². The van der Waals surface area contributed by atoms with Crippen molar-refractivity contribution in [2.45, 2.75) is 27.2 Å². The lowest BCUT2D eigenvalue weighted by Gasteiger charge is -2.04. The molecule has 1 aliphatic rings. The zero-order chi connectivity index (χ0) is 7.72. The molecule has 0 heterocycles. The van der Waals surface area contributed by atoms with Gasteiger partial charge < -0.3 is 5.73 Å². The van der Waals surface area contributed by atoms with Gasteiger partial charge in [-0.15, -0.1) is 0 Å². The van der Waals surface area contributed by atoms with Gasteiger partial charge in [0, 0.05) is 12.1 Å². The highest BCUT2D eigenvalue weighted by Gasteiger charge is 2.11. The topological polar surface area (TPSA) is 26.0 Å². The average Bonchev–Trinajstić information content (AvgIpc) is 2.13. The van der Waals surface area contributed by atoms with Crippen molar-refractivity contribution in [1.82, 2.24) is 0 Å². The molecule has 2 N–H and O–H groups in total. The number of nitrogens with two attached hydrogens (primary N) is 1. The molecule has 0 atom stereocenters. The summed E-state index contributed by atoms with van der Waals surface area (Å²) in [6, 6.07) is 0. The maximum atomic E-state index is 5.73. The van der Waals surface area contributed by atoms with Crippen LogP contribution in [0.3, 0.4) is 0 Å². The van der Waals surface area contributed by atoms with Gasteiger partial charge in [0.1, 0.15) is 0 Å². The fourth-order valence-corrected chi connectivity index (χ4v) is 1.15. The van der Waals surface area contributed by atoms with E-state index in [1.54, 1.807) is 0 Å². The van der Waals surface area contributed by atoms with Gasteiger partial charge in [0.25, 0.3) is 0 Å². The minimum Gasteiger partial charge on any atom is -0.402 e. The van der Waals surface area contributed by atoms with Gasteiger partial charge >= 0.3 is 0 Å². The molecule has 1 aliphatic carbocycles. The van der Waals surface area contributed by atoms with E-state index in [0.29, 0.717) is 5.92 Å². The highest BCUT2D eigenvalue weighted by Crippen LogP contribution is 2.26. The van der Waals surface area contributed by atoms with Gasteiger partial charge in [-0.05, 0) is 18.4 Å². The summed E-state index contributed by atoms with van der Waals surface area (Å²) in [4.78, 5) is 0. The minimum atomic E-state index is 0.649. The summed E-state index contributed by atoms with van der Waals surface area (Å²) < 4.78 is 0. The first kappa shape index (κ1) is 7.39. The third-order valence-corrected chi connectivity index (χ3v) is 2.04. The van der Waals surface area contributed by atoms with Gasteiger partial charge in [-0.1, -0.05) is 25.5 Å². The van der Waals surface area contributed by atoms with Crippen molar-refractivity contribution < 1.29 is 0 Å². The van der Waals surface area contributed by atoms with E-state index in [-0.39, 0.29) is 0 Å². The van der Waals surface area contributed by atoms with Crippen molar-refractivity contribution in [2.75, 3.05) is 0 Å². The van der Waals surface area contributed by atoms with Crippen LogP contribution in [0, 0.1) is 5.92 Å². The van der Waals surface area contributed by atoms with E-state index in [9.17, 15) is 0 Å². The Kier molecular flexibility index (Phi) is 1.84. The van der Waals surface area contributed by atoms with Crippen molar-refractivity contribution in [3.63, 3.8) is 0 Å². The molecule has 0 fully saturated rings. The lowest BCUT2D eigenvalue weighted by atomic mass is 10.0. The summed E-state index contributed by atoms with van der Waals surface area (Å²) in [7, 11) is 0. The Hall–Kier alpha value is -0.720. The summed E-state index contributed by atoms with van der Waals surface area (Å²) in [6.45, 7) is 6.49. The van der Waals surface area contributed by atoms with E-state index in [2.05, 4.69) is 26.8 Å². The van der Waals surface area contributed by atoms with Crippen molar-refractivity contribution in [2.24, 2.45) is 11.7 Å². The Morgan fingerprint density at radius 2 is 2.10 bits per heavy atom. The molecule has 0 saturated heterocycles. The van der Waals surface area contributed by atoms with E-state index in [4.69, 9.17) is 5.73 Å². The van der Waals surface area contributed by atoms with Gasteiger partial charge in [-0.25, -0.2) is 0 Å². The van der Waals surface area contributed by atoms with Crippen LogP contribution in [0.2, 0.25) is 0 Å². The molecule has 0 unspecified atom stereocenters. The molecule has 1 rings (SSSR count). The van der Waals surface area contributed by atoms with Crippen LogP contribution in [0.25, 0.3) is 0 Å². The van der Waals surface area contributed by atoms with Gasteiger partial charge in [-0.2, -0.15) is 0 Å². The summed E-state index contributed by atoms with van der Waals surface area (Å²) in [5.41, 5.74) is 9.50. The average molecular weight is 137 g/mol. The monoisotopic (exact) mass is 137 g/mol. The van der Waals surface area contributed by atoms with Crippen LogP contribution in [0.1, 0.15) is 27.2 Å². The Bertz CT molecular complexity index is 197. The normalized spacial score (nSPS) is 18.6. The molecule has 0 spiro atoms. The zero-order valence-electron chi connectivity index (χ0n) is 6.94. The highest BCUT2D eigenvalue weighted by atomic mass is 14.6. The van der Waals surface area contributed by atoms with Crippen LogP contribution in [-0.4, -0.2) is 0 Å². The molecule has 0 radical (unpaired) electrons. The fourth-order valence-electron chi connectivity index (χ4n) is 1.15. The third kappa shape index (κ3) is 1.23. The predicted molar refractivity (Wildman–Crippen MR) is 44.4 cm³/mol. The molecular formula is C9H15N. The number of rotatable bonds is 1. The Balaban J connectivity index is 2.70. The second kappa shape index (κ2) is 2.49. The van der Waals surface area contributed by atoms with Crippen LogP contribution in [-0.2, 0) is 0 Å². The van der Waals surface area contributed by atoms with E-state index >= 15 is 0 Å². The van der Waals surface area contributed by atoms with Gasteiger partial charge in [0.15, 0.2) is 0 Å². The van der Waals surface area contributed by atoms with Gasteiger partial charge in [-0.3, -0.25) is 0 Å². The standard InChI is InChI=1S/C9H15N/c1-6(2)8-4-7(3)9(10)5-8/h4,6H,5,10H2,1-3H3. The van der Waals surface area contributed by atoms with Crippen molar-refractivity contribution in [1.29, 1.82) is 0 Å². The first-order valence-electron chi connectivity index (χ1n) is 3.77. The van der Waals surface area contributed by atoms with E-state index in [1.165, 1.54) is 11.1 Å². The Labute approximate surface area is 62.6 Å². The summed E-state index contributed by atoms with van der Waals surface area (Å²) >= 11 is 0. The maximum absolute atomic E-state index is 5.73. The molecule has 0 aromatic rings. The Morgan fingerprint density at radius 3 is 2.30 bits per heavy atom. The molecule has 0 aliphatic heterocycles. The Morgan fingerprint density at radius 1 is 1.50 bits per heavy atom. The maximum Gasteiger partial charge on any atom is 0.0151 e. The molecule has 0 saturated carbocycles. The zero-order valence-corrected chi connectivity index (χ0v) is 6.94. The molecule has 56 valence electrons. The molecular weight excluding hydrogens is 122 g/mol. The number of hydrogen-bond acceptors (Lipinski definition) is 1. The highest BCUT2D eigenvalue weighted by molar-refractivity contribution is 5.36. The fraction of sp³-hybridized carbons (Fsp3) is 0.556. The molecule has 0 aromatic heterocycles. The SMILES string of the molecule is CC1=C(N)CC(C(C)C)=C1. The quantitative estimate of drug-likeness (QED) is 0.589. The second-order valence-corrected chi connectivity index (χ2v) is 3.26. The summed E-state index contributed by atoms with van der Waals surface area (Å²) in [6.07, 6.45) is 3.20. The molecule has 0 amide bonds. The molecule has 0 aromatic carbocycles. The van der Waals surface area contributed by atoms with E-state index in [1.807, 2.05) is 0 Å². The van der Waals surface area contributed by atoms with Crippen molar-refractivity contribution in [3.05, 3.63) is 22.9 Å². The van der Waals surface area contributed by atoms with Crippen LogP contribution < -0.4 is 5.73 Å². The van der Waals surface area contributed by atoms with Crippen LogP contribution in [0.4, 0.5) is 0 Å². The molecule has 1 nitrogen and oxygen atoms in total. The second-order valence-electron chi connectivity index (χ2n) is 3.26. The smallest absolute Gasteiger partial charge is 0.0151 e. The van der Waals surface area contributed by atoms with Gasteiger partial charge in [0.05, 0.1) is 0 Å². The lowest BCUT2D eigenvalue weighted by Crippen LogP contribution is -1.98. The molecule has 10 heavy (non-hydrogen) atoms. The summed E-state index contributed by atoms with van der Waals surface area (Å²) in [5.74, 6) is 0.649. The molecule has 1 heteroatoms. The van der Waals surface area contributed by atoms with Crippen LogP contribution in [0.15, 0.2) is 22.9 Å². The third-order valence-electron chi connectivity index (χ3n) is 2.04. The first-order chi connectivity index (χ1) is 4.61. The van der Waals surface area contributed by atoms with Crippen molar-refractivity contribution in [3.8, 4) is 0 Å². The van der Waals surface area contributed by atoms with Crippen molar-refractivity contribution >= 4 is 0 Å². The molecule has 0 bridgehead atoms. The predicted octanol–water partition coefficient (Wildman–Crippen LogP) is 2.21. The number of hydrogen-bond donors (Lipinski definition) is 1. The lowest BCUT2D eigenvalue weighted by molar-refractivity contribution is 0.745. The van der Waals surface area contributed by atoms with Gasteiger partial charge in [0.2, 0.25) is 0 Å². The van der Waals surface area contributed by atoms with Crippen LogP contribution in [0.5, 0.6) is 0 Å². The summed E-state index contributed by atoms with van der Waals surface area (Å²) in [5, 5.41) is 0. The van der Waals surface area contributed by atoms with E-state index < -0.39 is 0 Å². The largest absolute Gasteiger partial charge is 0.402 e.